The molecule has 1 heterocycles. The predicted molar refractivity (Wildman–Crippen MR) is 155 cm³/mol. The van der Waals surface area contributed by atoms with Gasteiger partial charge in [-0.1, -0.05) is 114 Å². The molecule has 0 aliphatic rings. The molecule has 7 aromatic rings. The predicted octanol–water partition coefficient (Wildman–Crippen LogP) is 10.4. The number of oxazole rings is 1. The van der Waals surface area contributed by atoms with Crippen LogP contribution in [-0.4, -0.2) is 4.98 Å². The molecule has 1 aromatic heterocycles. The quantitative estimate of drug-likeness (QED) is 0.218. The van der Waals surface area contributed by atoms with E-state index < -0.39 is 0 Å². The molecule has 0 atom stereocenters. The van der Waals surface area contributed by atoms with E-state index in [0.717, 1.165) is 11.1 Å². The third-order valence-electron chi connectivity index (χ3n) is 6.86. The fourth-order valence-corrected chi connectivity index (χ4v) is 5.59. The van der Waals surface area contributed by atoms with E-state index in [0.29, 0.717) is 27.0 Å². The molecule has 176 valence electrons. The zero-order valence-corrected chi connectivity index (χ0v) is 21.1. The second-order valence-corrected chi connectivity index (χ2v) is 9.82. The van der Waals surface area contributed by atoms with Gasteiger partial charge in [-0.25, -0.2) is 4.98 Å². The second kappa shape index (κ2) is 8.77. The maximum atomic E-state index is 6.32. The van der Waals surface area contributed by atoms with E-state index in [9.17, 15) is 0 Å². The first-order valence-electron chi connectivity index (χ1n) is 12.0. The Balaban J connectivity index is 1.44. The van der Waals surface area contributed by atoms with Gasteiger partial charge in [-0.2, -0.15) is 0 Å². The van der Waals surface area contributed by atoms with Crippen LogP contribution in [0.5, 0.6) is 0 Å². The minimum atomic E-state index is 0.491. The summed E-state index contributed by atoms with van der Waals surface area (Å²) in [5.74, 6) is 0.491. The fraction of sp³-hybridized carbons (Fsp3) is 0. The average molecular weight is 516 g/mol. The van der Waals surface area contributed by atoms with E-state index in [2.05, 4.69) is 96.0 Å². The lowest BCUT2D eigenvalue weighted by atomic mass is 9.86. The van der Waals surface area contributed by atoms with Crippen molar-refractivity contribution in [3.63, 3.8) is 0 Å². The summed E-state index contributed by atoms with van der Waals surface area (Å²) in [5.41, 5.74) is 6.74. The van der Waals surface area contributed by atoms with Gasteiger partial charge >= 0.3 is 0 Å². The zero-order valence-electron chi connectivity index (χ0n) is 19.6. The fourth-order valence-electron chi connectivity index (χ4n) is 5.20. The molecule has 6 aromatic carbocycles. The SMILES string of the molecule is Clc1ccc(Cl)c2oc(-c3ccc(-c4c5ccccc5c(-c5ccccc5)c5ccccc45)cc3)nc12. The smallest absolute Gasteiger partial charge is 0.227 e. The largest absolute Gasteiger partial charge is 0.434 e. The molecular formula is C33H19Cl2NO. The van der Waals surface area contributed by atoms with Crippen LogP contribution in [-0.2, 0) is 0 Å². The van der Waals surface area contributed by atoms with E-state index in [1.807, 2.05) is 12.1 Å². The number of aromatic nitrogens is 1. The van der Waals surface area contributed by atoms with Crippen molar-refractivity contribution < 1.29 is 4.42 Å². The topological polar surface area (TPSA) is 26.0 Å². The van der Waals surface area contributed by atoms with Gasteiger partial charge in [0.1, 0.15) is 5.52 Å². The lowest BCUT2D eigenvalue weighted by molar-refractivity contribution is 0.620. The lowest BCUT2D eigenvalue weighted by Crippen LogP contribution is -1.90. The number of hydrogen-bond donors (Lipinski definition) is 0. The van der Waals surface area contributed by atoms with Gasteiger partial charge in [0, 0.05) is 5.56 Å². The Bertz CT molecular complexity index is 1840. The summed E-state index contributed by atoms with van der Waals surface area (Å²) in [7, 11) is 0. The van der Waals surface area contributed by atoms with E-state index in [4.69, 9.17) is 27.6 Å². The van der Waals surface area contributed by atoms with Gasteiger partial charge in [-0.3, -0.25) is 0 Å². The molecule has 0 saturated heterocycles. The van der Waals surface area contributed by atoms with E-state index in [1.54, 1.807) is 12.1 Å². The van der Waals surface area contributed by atoms with Crippen LogP contribution in [0.1, 0.15) is 0 Å². The zero-order chi connectivity index (χ0) is 24.9. The van der Waals surface area contributed by atoms with Crippen LogP contribution < -0.4 is 0 Å². The molecule has 2 nitrogen and oxygen atoms in total. The molecule has 7 rings (SSSR count). The van der Waals surface area contributed by atoms with Gasteiger partial charge in [0.15, 0.2) is 5.58 Å². The average Bonchev–Trinajstić information content (AvgIpc) is 3.41. The lowest BCUT2D eigenvalue weighted by Gasteiger charge is -2.17. The minimum absolute atomic E-state index is 0.491. The summed E-state index contributed by atoms with van der Waals surface area (Å²) in [6, 6.07) is 39.7. The van der Waals surface area contributed by atoms with Gasteiger partial charge in [0.05, 0.1) is 10.0 Å². The molecule has 0 aliphatic heterocycles. The summed E-state index contributed by atoms with van der Waals surface area (Å²) in [6.45, 7) is 0. The standard InChI is InChI=1S/C33H19Cl2NO/c34-27-18-19-28(35)32-31(27)36-33(37-32)22-16-14-21(15-17-22)30-25-12-6-4-10-23(25)29(20-8-2-1-3-9-20)24-11-5-7-13-26(24)30/h1-19H. The van der Waals surface area contributed by atoms with Crippen LogP contribution in [0.4, 0.5) is 0 Å². The maximum absolute atomic E-state index is 6.32. The Hall–Kier alpha value is -4.11. The molecule has 0 fully saturated rings. The van der Waals surface area contributed by atoms with Crippen LogP contribution in [0.25, 0.3) is 66.4 Å². The summed E-state index contributed by atoms with van der Waals surface area (Å²) in [5, 5.41) is 5.90. The van der Waals surface area contributed by atoms with E-state index >= 15 is 0 Å². The van der Waals surface area contributed by atoms with Crippen LogP contribution in [0.2, 0.25) is 10.0 Å². The summed E-state index contributed by atoms with van der Waals surface area (Å²) in [4.78, 5) is 4.61. The highest BCUT2D eigenvalue weighted by atomic mass is 35.5. The Morgan fingerprint density at radius 2 is 0.919 bits per heavy atom. The molecule has 0 spiro atoms. The van der Waals surface area contributed by atoms with Crippen molar-refractivity contribution >= 4 is 55.8 Å². The molecule has 0 N–H and O–H groups in total. The Morgan fingerprint density at radius 3 is 1.46 bits per heavy atom. The molecule has 0 amide bonds. The highest BCUT2D eigenvalue weighted by Gasteiger charge is 2.17. The Kier molecular flexibility index (Phi) is 5.24. The Labute approximate surface area is 223 Å². The number of nitrogens with zero attached hydrogens (tertiary/aromatic N) is 1. The van der Waals surface area contributed by atoms with Crippen LogP contribution in [0, 0.1) is 0 Å². The third-order valence-corrected chi connectivity index (χ3v) is 7.46. The van der Waals surface area contributed by atoms with Crippen LogP contribution in [0.3, 0.4) is 0 Å². The molecule has 0 aliphatic carbocycles. The van der Waals surface area contributed by atoms with Crippen molar-refractivity contribution in [3.8, 4) is 33.7 Å². The first-order chi connectivity index (χ1) is 18.2. The van der Waals surface area contributed by atoms with Gasteiger partial charge in [0.2, 0.25) is 5.89 Å². The van der Waals surface area contributed by atoms with Crippen molar-refractivity contribution in [2.75, 3.05) is 0 Å². The molecule has 0 unspecified atom stereocenters. The molecule has 0 radical (unpaired) electrons. The van der Waals surface area contributed by atoms with E-state index in [1.165, 1.54) is 38.2 Å². The highest BCUT2D eigenvalue weighted by Crippen LogP contribution is 2.44. The number of halogens is 2. The monoisotopic (exact) mass is 515 g/mol. The summed E-state index contributed by atoms with van der Waals surface area (Å²) < 4.78 is 5.99. The first kappa shape index (κ1) is 22.1. The molecule has 0 bridgehead atoms. The second-order valence-electron chi connectivity index (χ2n) is 9.01. The summed E-state index contributed by atoms with van der Waals surface area (Å²) in [6.07, 6.45) is 0. The minimum Gasteiger partial charge on any atom is -0.434 e. The van der Waals surface area contributed by atoms with Gasteiger partial charge in [-0.05, 0) is 68.1 Å². The van der Waals surface area contributed by atoms with Crippen molar-refractivity contribution in [2.45, 2.75) is 0 Å². The van der Waals surface area contributed by atoms with Crippen molar-refractivity contribution in [3.05, 3.63) is 125 Å². The van der Waals surface area contributed by atoms with Gasteiger partial charge in [0.25, 0.3) is 0 Å². The number of benzene rings is 6. The molecule has 4 heteroatoms. The van der Waals surface area contributed by atoms with Crippen molar-refractivity contribution in [1.29, 1.82) is 0 Å². The van der Waals surface area contributed by atoms with Gasteiger partial charge < -0.3 is 4.42 Å². The normalized spacial score (nSPS) is 11.5. The van der Waals surface area contributed by atoms with Crippen LogP contribution in [0.15, 0.2) is 120 Å². The van der Waals surface area contributed by atoms with E-state index in [-0.39, 0.29) is 0 Å². The Morgan fingerprint density at radius 1 is 0.459 bits per heavy atom. The highest BCUT2D eigenvalue weighted by molar-refractivity contribution is 6.39. The summed E-state index contributed by atoms with van der Waals surface area (Å²) >= 11 is 12.6. The first-order valence-corrected chi connectivity index (χ1v) is 12.8. The van der Waals surface area contributed by atoms with Gasteiger partial charge in [-0.15, -0.1) is 0 Å². The molecular weight excluding hydrogens is 497 g/mol. The van der Waals surface area contributed by atoms with Crippen LogP contribution >= 0.6 is 23.2 Å². The maximum Gasteiger partial charge on any atom is 0.227 e. The van der Waals surface area contributed by atoms with Crippen molar-refractivity contribution in [1.82, 2.24) is 4.98 Å². The van der Waals surface area contributed by atoms with Crippen molar-refractivity contribution in [2.24, 2.45) is 0 Å². The molecule has 37 heavy (non-hydrogen) atoms. The number of rotatable bonds is 3. The molecule has 0 saturated carbocycles. The number of hydrogen-bond acceptors (Lipinski definition) is 2. The third kappa shape index (κ3) is 3.61. The number of fused-ring (bicyclic) bond motifs is 3.